The Morgan fingerprint density at radius 1 is 1.10 bits per heavy atom. The zero-order valence-corrected chi connectivity index (χ0v) is 17.9. The van der Waals surface area contributed by atoms with E-state index in [1.807, 2.05) is 29.6 Å². The number of thiophene rings is 1. The highest BCUT2D eigenvalue weighted by molar-refractivity contribution is 7.12. The molecule has 2 aromatic carbocycles. The minimum atomic E-state index is -0.518. The number of benzene rings is 2. The third kappa shape index (κ3) is 4.39. The predicted molar refractivity (Wildman–Crippen MR) is 117 cm³/mol. The Morgan fingerprint density at radius 2 is 1.90 bits per heavy atom. The molecular formula is C23H21FN2O4S. The van der Waals surface area contributed by atoms with E-state index in [0.29, 0.717) is 17.9 Å². The van der Waals surface area contributed by atoms with Crippen molar-refractivity contribution in [2.24, 2.45) is 5.10 Å². The maximum atomic E-state index is 13.9. The van der Waals surface area contributed by atoms with Gasteiger partial charge in [0.1, 0.15) is 0 Å². The average Bonchev–Trinajstić information content (AvgIpc) is 3.48. The molecule has 1 aromatic heterocycles. The molecule has 1 amide bonds. The number of carbonyl (C=O) groups is 1. The third-order valence-electron chi connectivity index (χ3n) is 4.95. The van der Waals surface area contributed by atoms with Crippen LogP contribution in [0.5, 0.6) is 17.2 Å². The molecule has 3 aromatic rings. The molecule has 160 valence electrons. The van der Waals surface area contributed by atoms with Crippen LogP contribution in [-0.4, -0.2) is 37.5 Å². The molecule has 1 aliphatic heterocycles. The lowest BCUT2D eigenvalue weighted by Gasteiger charge is -2.23. The summed E-state index contributed by atoms with van der Waals surface area (Å²) in [6, 6.07) is 15.1. The van der Waals surface area contributed by atoms with E-state index in [1.165, 1.54) is 17.1 Å². The molecule has 0 spiro atoms. The van der Waals surface area contributed by atoms with E-state index in [2.05, 4.69) is 5.10 Å². The van der Waals surface area contributed by atoms with Crippen LogP contribution in [0.15, 0.2) is 65.1 Å². The maximum Gasteiger partial charge on any atom is 0.281 e. The fraction of sp³-hybridized carbons (Fsp3) is 0.217. The first-order valence-corrected chi connectivity index (χ1v) is 10.5. The van der Waals surface area contributed by atoms with E-state index in [-0.39, 0.29) is 24.3 Å². The summed E-state index contributed by atoms with van der Waals surface area (Å²) in [6.45, 7) is -0.327. The van der Waals surface area contributed by atoms with Crippen molar-refractivity contribution in [3.05, 3.63) is 76.2 Å². The van der Waals surface area contributed by atoms with Gasteiger partial charge >= 0.3 is 0 Å². The van der Waals surface area contributed by atoms with Crippen LogP contribution in [-0.2, 0) is 4.79 Å². The zero-order chi connectivity index (χ0) is 21.8. The van der Waals surface area contributed by atoms with E-state index in [1.54, 1.807) is 43.8 Å². The lowest BCUT2D eigenvalue weighted by atomic mass is 10.0. The van der Waals surface area contributed by atoms with Crippen LogP contribution < -0.4 is 14.2 Å². The van der Waals surface area contributed by atoms with Gasteiger partial charge < -0.3 is 14.2 Å². The first-order valence-electron chi connectivity index (χ1n) is 9.63. The molecule has 6 nitrogen and oxygen atoms in total. The second-order valence-corrected chi connectivity index (χ2v) is 7.76. The van der Waals surface area contributed by atoms with E-state index in [4.69, 9.17) is 14.2 Å². The SMILES string of the molecule is COc1ccc(C2CC(c3cccs3)=NN2C(=O)COc2ccccc2F)cc1OC. The fourth-order valence-corrected chi connectivity index (χ4v) is 4.14. The number of hydrogen-bond acceptors (Lipinski definition) is 6. The molecule has 0 saturated carbocycles. The standard InChI is InChI=1S/C23H21FN2O4S/c1-28-20-10-9-15(12-21(20)29-2)18-13-17(22-8-5-11-31-22)25-26(18)23(27)14-30-19-7-4-3-6-16(19)24/h3-12,18H,13-14H2,1-2H3. The van der Waals surface area contributed by atoms with Crippen LogP contribution in [0.1, 0.15) is 22.9 Å². The summed E-state index contributed by atoms with van der Waals surface area (Å²) in [5, 5.41) is 7.97. The summed E-state index contributed by atoms with van der Waals surface area (Å²) < 4.78 is 30.0. The summed E-state index contributed by atoms with van der Waals surface area (Å²) >= 11 is 1.56. The molecule has 31 heavy (non-hydrogen) atoms. The number of ether oxygens (including phenoxy) is 3. The molecule has 0 bridgehead atoms. The molecule has 2 heterocycles. The molecule has 8 heteroatoms. The van der Waals surface area contributed by atoms with Crippen molar-refractivity contribution in [3.8, 4) is 17.2 Å². The minimum Gasteiger partial charge on any atom is -0.493 e. The first-order chi connectivity index (χ1) is 15.1. The van der Waals surface area contributed by atoms with E-state index < -0.39 is 5.82 Å². The van der Waals surface area contributed by atoms with Crippen molar-refractivity contribution in [2.75, 3.05) is 20.8 Å². The number of carbonyl (C=O) groups excluding carboxylic acids is 1. The van der Waals surface area contributed by atoms with Gasteiger partial charge in [-0.3, -0.25) is 4.79 Å². The number of hydrogen-bond donors (Lipinski definition) is 0. The first kappa shape index (κ1) is 20.9. The molecular weight excluding hydrogens is 419 g/mol. The van der Waals surface area contributed by atoms with Gasteiger partial charge in [-0.25, -0.2) is 9.40 Å². The average molecular weight is 440 g/mol. The van der Waals surface area contributed by atoms with E-state index in [0.717, 1.165) is 16.2 Å². The summed E-state index contributed by atoms with van der Waals surface area (Å²) in [6.07, 6.45) is 0.543. The van der Waals surface area contributed by atoms with Gasteiger partial charge in [-0.1, -0.05) is 24.3 Å². The molecule has 0 saturated heterocycles. The van der Waals surface area contributed by atoms with Crippen molar-refractivity contribution in [1.82, 2.24) is 5.01 Å². The van der Waals surface area contributed by atoms with Crippen molar-refractivity contribution in [2.45, 2.75) is 12.5 Å². The van der Waals surface area contributed by atoms with E-state index in [9.17, 15) is 9.18 Å². The second kappa shape index (κ2) is 9.18. The number of nitrogens with zero attached hydrogens (tertiary/aromatic N) is 2. The number of halogens is 1. The third-order valence-corrected chi connectivity index (χ3v) is 5.87. The number of rotatable bonds is 7. The molecule has 1 unspecified atom stereocenters. The van der Waals surface area contributed by atoms with Crippen molar-refractivity contribution in [3.63, 3.8) is 0 Å². The van der Waals surface area contributed by atoms with Crippen molar-refractivity contribution in [1.29, 1.82) is 0 Å². The summed E-state index contributed by atoms with van der Waals surface area (Å²) in [5.41, 5.74) is 1.67. The topological polar surface area (TPSA) is 60.4 Å². The molecule has 0 radical (unpaired) electrons. The van der Waals surface area contributed by atoms with Gasteiger partial charge in [0.25, 0.3) is 5.91 Å². The number of methoxy groups -OCH3 is 2. The summed E-state index contributed by atoms with van der Waals surface area (Å²) in [7, 11) is 3.13. The van der Waals surface area contributed by atoms with Crippen molar-refractivity contribution >= 4 is 23.0 Å². The molecule has 0 fully saturated rings. The van der Waals surface area contributed by atoms with Crippen molar-refractivity contribution < 1.29 is 23.4 Å². The quantitative estimate of drug-likeness (QED) is 0.536. The minimum absolute atomic E-state index is 0.0279. The van der Waals surface area contributed by atoms with Gasteiger partial charge in [-0.2, -0.15) is 5.10 Å². The number of hydrazone groups is 1. The highest BCUT2D eigenvalue weighted by atomic mass is 32.1. The van der Waals surface area contributed by atoms with Gasteiger partial charge in [0.05, 0.1) is 30.9 Å². The monoisotopic (exact) mass is 440 g/mol. The van der Waals surface area contributed by atoms with Gasteiger partial charge in [-0.15, -0.1) is 11.3 Å². The molecule has 1 atom stereocenters. The highest BCUT2D eigenvalue weighted by Crippen LogP contribution is 2.38. The van der Waals surface area contributed by atoms with Crippen LogP contribution in [0.3, 0.4) is 0 Å². The fourth-order valence-electron chi connectivity index (χ4n) is 3.42. The Morgan fingerprint density at radius 3 is 2.61 bits per heavy atom. The van der Waals surface area contributed by atoms with Crippen LogP contribution in [0.2, 0.25) is 0 Å². The number of para-hydroxylation sites is 1. The maximum absolute atomic E-state index is 13.9. The zero-order valence-electron chi connectivity index (χ0n) is 17.1. The van der Waals surface area contributed by atoms with Gasteiger partial charge in [0.2, 0.25) is 0 Å². The Labute approximate surface area is 183 Å². The largest absolute Gasteiger partial charge is 0.493 e. The Balaban J connectivity index is 1.61. The van der Waals surface area contributed by atoms with Gasteiger partial charge in [0.15, 0.2) is 29.7 Å². The van der Waals surface area contributed by atoms with Crippen LogP contribution in [0, 0.1) is 5.82 Å². The second-order valence-electron chi connectivity index (χ2n) is 6.82. The lowest BCUT2D eigenvalue weighted by molar-refractivity contribution is -0.135. The Kier molecular flexibility index (Phi) is 6.18. The Bertz CT molecular complexity index is 1100. The predicted octanol–water partition coefficient (Wildman–Crippen LogP) is 4.66. The molecule has 0 N–H and O–H groups in total. The van der Waals surface area contributed by atoms with Crippen LogP contribution in [0.25, 0.3) is 0 Å². The summed E-state index contributed by atoms with van der Waals surface area (Å²) in [5.74, 6) is 0.315. The molecule has 1 aliphatic rings. The highest BCUT2D eigenvalue weighted by Gasteiger charge is 2.34. The van der Waals surface area contributed by atoms with Gasteiger partial charge in [0, 0.05) is 6.42 Å². The van der Waals surface area contributed by atoms with Crippen LogP contribution in [0.4, 0.5) is 4.39 Å². The lowest BCUT2D eigenvalue weighted by Crippen LogP contribution is -2.31. The molecule has 4 rings (SSSR count). The van der Waals surface area contributed by atoms with Gasteiger partial charge in [-0.05, 0) is 41.3 Å². The Hall–Kier alpha value is -3.39. The smallest absolute Gasteiger partial charge is 0.281 e. The normalized spacial score (nSPS) is 15.5. The summed E-state index contributed by atoms with van der Waals surface area (Å²) in [4.78, 5) is 14.0. The van der Waals surface area contributed by atoms with E-state index >= 15 is 0 Å². The molecule has 0 aliphatic carbocycles. The number of amides is 1. The van der Waals surface area contributed by atoms with Crippen LogP contribution >= 0.6 is 11.3 Å².